The lowest BCUT2D eigenvalue weighted by Gasteiger charge is -2.21. The Morgan fingerprint density at radius 2 is 2.35 bits per heavy atom. The number of aromatic nitrogens is 2. The van der Waals surface area contributed by atoms with Crippen LogP contribution < -0.4 is 5.73 Å². The van der Waals surface area contributed by atoms with Crippen LogP contribution in [-0.2, 0) is 16.0 Å². The zero-order valence-electron chi connectivity index (χ0n) is 9.37. The Balaban J connectivity index is 2.03. The Morgan fingerprint density at radius 3 is 3.00 bits per heavy atom. The van der Waals surface area contributed by atoms with Crippen molar-refractivity contribution in [2.45, 2.75) is 25.3 Å². The van der Waals surface area contributed by atoms with E-state index >= 15 is 0 Å². The molecule has 2 heterocycles. The van der Waals surface area contributed by atoms with Gasteiger partial charge < -0.3 is 10.6 Å². The number of nitrogens with two attached hydrogens (primary N) is 1. The van der Waals surface area contributed by atoms with Crippen molar-refractivity contribution in [1.29, 1.82) is 0 Å². The minimum Gasteiger partial charge on any atom is -0.368 e. The molecule has 0 radical (unpaired) electrons. The molecule has 1 aromatic heterocycles. The second kappa shape index (κ2) is 4.90. The predicted octanol–water partition coefficient (Wildman–Crippen LogP) is -0.505. The number of hydrogen-bond acceptors (Lipinski definition) is 4. The van der Waals surface area contributed by atoms with E-state index in [0.29, 0.717) is 18.7 Å². The van der Waals surface area contributed by atoms with Gasteiger partial charge in [0, 0.05) is 12.7 Å². The molecule has 6 nitrogen and oxygen atoms in total. The van der Waals surface area contributed by atoms with Gasteiger partial charge in [0.05, 0.1) is 12.1 Å². The number of nitrogens with zero attached hydrogens (tertiary/aromatic N) is 3. The monoisotopic (exact) mass is 234 g/mol. The fourth-order valence-corrected chi connectivity index (χ4v) is 2.05. The molecule has 0 spiro atoms. The largest absolute Gasteiger partial charge is 0.368 e. The molecule has 1 unspecified atom stereocenters. The summed E-state index contributed by atoms with van der Waals surface area (Å²) in [7, 11) is 0. The SMILES string of the molecule is NC(=O)C1CCCN1C(=O)Cc1cccnn1. The van der Waals surface area contributed by atoms with Gasteiger partial charge in [-0.15, -0.1) is 0 Å². The molecule has 1 aliphatic rings. The van der Waals surface area contributed by atoms with E-state index in [4.69, 9.17) is 5.73 Å². The standard InChI is InChI=1S/C11H14N4O2/c12-11(17)9-4-2-6-15(9)10(16)7-8-3-1-5-13-14-8/h1,3,5,9H,2,4,6-7H2,(H2,12,17). The van der Waals surface area contributed by atoms with Crippen LogP contribution in [-0.4, -0.2) is 39.5 Å². The second-order valence-corrected chi connectivity index (χ2v) is 4.04. The maximum Gasteiger partial charge on any atom is 0.240 e. The third-order valence-electron chi connectivity index (χ3n) is 2.86. The van der Waals surface area contributed by atoms with Gasteiger partial charge in [0.25, 0.3) is 0 Å². The van der Waals surface area contributed by atoms with Crippen LogP contribution in [0.3, 0.4) is 0 Å². The summed E-state index contributed by atoms with van der Waals surface area (Å²) in [6, 6.07) is 3.00. The Morgan fingerprint density at radius 1 is 1.53 bits per heavy atom. The summed E-state index contributed by atoms with van der Waals surface area (Å²) in [5.74, 6) is -0.554. The quantitative estimate of drug-likeness (QED) is 0.763. The maximum absolute atomic E-state index is 12.0. The maximum atomic E-state index is 12.0. The molecule has 0 bridgehead atoms. The molecule has 1 aliphatic heterocycles. The first kappa shape index (κ1) is 11.5. The third-order valence-corrected chi connectivity index (χ3v) is 2.86. The summed E-state index contributed by atoms with van der Waals surface area (Å²) in [6.45, 7) is 0.590. The fourth-order valence-electron chi connectivity index (χ4n) is 2.05. The third kappa shape index (κ3) is 2.58. The van der Waals surface area contributed by atoms with Crippen molar-refractivity contribution < 1.29 is 9.59 Å². The van der Waals surface area contributed by atoms with Crippen molar-refractivity contribution in [1.82, 2.24) is 15.1 Å². The average Bonchev–Trinajstić information content (AvgIpc) is 2.79. The summed E-state index contributed by atoms with van der Waals surface area (Å²) < 4.78 is 0. The van der Waals surface area contributed by atoms with Gasteiger partial charge in [-0.3, -0.25) is 9.59 Å². The fraction of sp³-hybridized carbons (Fsp3) is 0.455. The molecule has 6 heteroatoms. The molecule has 0 saturated carbocycles. The minimum absolute atomic E-state index is 0.119. The molecule has 0 aromatic carbocycles. The van der Waals surface area contributed by atoms with Crippen LogP contribution in [0.25, 0.3) is 0 Å². The number of amides is 2. The van der Waals surface area contributed by atoms with Gasteiger partial charge in [-0.2, -0.15) is 10.2 Å². The molecule has 1 aromatic rings. The van der Waals surface area contributed by atoms with Crippen LogP contribution in [0.4, 0.5) is 0 Å². The molecule has 17 heavy (non-hydrogen) atoms. The second-order valence-electron chi connectivity index (χ2n) is 4.04. The Kier molecular flexibility index (Phi) is 3.32. The first-order chi connectivity index (χ1) is 8.18. The highest BCUT2D eigenvalue weighted by molar-refractivity contribution is 5.87. The van der Waals surface area contributed by atoms with E-state index in [2.05, 4.69) is 10.2 Å². The van der Waals surface area contributed by atoms with Crippen molar-refractivity contribution in [3.63, 3.8) is 0 Å². The highest BCUT2D eigenvalue weighted by Crippen LogP contribution is 2.17. The van der Waals surface area contributed by atoms with E-state index in [1.165, 1.54) is 4.90 Å². The highest BCUT2D eigenvalue weighted by atomic mass is 16.2. The summed E-state index contributed by atoms with van der Waals surface area (Å²) in [5, 5.41) is 7.55. The molecule has 1 fully saturated rings. The summed E-state index contributed by atoms with van der Waals surface area (Å²) in [4.78, 5) is 24.7. The van der Waals surface area contributed by atoms with E-state index in [1.54, 1.807) is 18.3 Å². The number of carbonyl (C=O) groups is 2. The number of carbonyl (C=O) groups excluding carboxylic acids is 2. The molecule has 1 saturated heterocycles. The van der Waals surface area contributed by atoms with E-state index < -0.39 is 11.9 Å². The van der Waals surface area contributed by atoms with Crippen LogP contribution >= 0.6 is 0 Å². The van der Waals surface area contributed by atoms with Crippen LogP contribution in [0.1, 0.15) is 18.5 Å². The van der Waals surface area contributed by atoms with Gasteiger partial charge >= 0.3 is 0 Å². The van der Waals surface area contributed by atoms with Crippen molar-refractivity contribution in [3.05, 3.63) is 24.0 Å². The summed E-state index contributed by atoms with van der Waals surface area (Å²) in [5.41, 5.74) is 5.86. The van der Waals surface area contributed by atoms with Gasteiger partial charge in [-0.1, -0.05) is 0 Å². The first-order valence-corrected chi connectivity index (χ1v) is 5.54. The smallest absolute Gasteiger partial charge is 0.240 e. The Hall–Kier alpha value is -1.98. The van der Waals surface area contributed by atoms with E-state index in [9.17, 15) is 9.59 Å². The van der Waals surface area contributed by atoms with Gasteiger partial charge in [-0.05, 0) is 25.0 Å². The number of hydrogen-bond donors (Lipinski definition) is 1. The number of primary amides is 1. The first-order valence-electron chi connectivity index (χ1n) is 5.54. The molecular weight excluding hydrogens is 220 g/mol. The lowest BCUT2D eigenvalue weighted by Crippen LogP contribution is -2.44. The van der Waals surface area contributed by atoms with Crippen molar-refractivity contribution >= 4 is 11.8 Å². The lowest BCUT2D eigenvalue weighted by molar-refractivity contribution is -0.136. The van der Waals surface area contributed by atoms with Gasteiger partial charge in [0.15, 0.2) is 0 Å². The minimum atomic E-state index is -0.459. The van der Waals surface area contributed by atoms with E-state index in [0.717, 1.165) is 6.42 Å². The Labute approximate surface area is 98.8 Å². The summed E-state index contributed by atoms with van der Waals surface area (Å²) in [6.07, 6.45) is 3.19. The van der Waals surface area contributed by atoms with E-state index in [-0.39, 0.29) is 12.3 Å². The van der Waals surface area contributed by atoms with Crippen LogP contribution in [0.5, 0.6) is 0 Å². The van der Waals surface area contributed by atoms with E-state index in [1.807, 2.05) is 0 Å². The van der Waals surface area contributed by atoms with Gasteiger partial charge in [-0.25, -0.2) is 0 Å². The molecule has 2 N–H and O–H groups in total. The molecule has 2 amide bonds. The van der Waals surface area contributed by atoms with Crippen LogP contribution in [0.15, 0.2) is 18.3 Å². The zero-order chi connectivity index (χ0) is 12.3. The number of rotatable bonds is 3. The lowest BCUT2D eigenvalue weighted by atomic mass is 10.2. The number of likely N-dealkylation sites (tertiary alicyclic amines) is 1. The Bertz CT molecular complexity index is 421. The average molecular weight is 234 g/mol. The zero-order valence-corrected chi connectivity index (χ0v) is 9.37. The van der Waals surface area contributed by atoms with Gasteiger partial charge in [0.1, 0.15) is 6.04 Å². The van der Waals surface area contributed by atoms with Gasteiger partial charge in [0.2, 0.25) is 11.8 Å². The van der Waals surface area contributed by atoms with Crippen molar-refractivity contribution in [3.8, 4) is 0 Å². The predicted molar refractivity (Wildman–Crippen MR) is 59.7 cm³/mol. The van der Waals surface area contributed by atoms with Crippen molar-refractivity contribution in [2.75, 3.05) is 6.54 Å². The highest BCUT2D eigenvalue weighted by Gasteiger charge is 2.32. The molecule has 2 rings (SSSR count). The molecule has 1 atom stereocenters. The molecular formula is C11H14N4O2. The topological polar surface area (TPSA) is 89.2 Å². The van der Waals surface area contributed by atoms with Crippen LogP contribution in [0, 0.1) is 0 Å². The molecule has 90 valence electrons. The van der Waals surface area contributed by atoms with Crippen molar-refractivity contribution in [2.24, 2.45) is 5.73 Å². The summed E-state index contributed by atoms with van der Waals surface area (Å²) >= 11 is 0. The normalized spacial score (nSPS) is 19.3. The van der Waals surface area contributed by atoms with Crippen LogP contribution in [0.2, 0.25) is 0 Å². The molecule has 0 aliphatic carbocycles.